The molecule has 0 saturated carbocycles. The van der Waals surface area contributed by atoms with Crippen LogP contribution in [0.4, 0.5) is 5.69 Å². The van der Waals surface area contributed by atoms with Crippen LogP contribution in [0.5, 0.6) is 0 Å². The highest BCUT2D eigenvalue weighted by Gasteiger charge is 2.39. The summed E-state index contributed by atoms with van der Waals surface area (Å²) >= 11 is 0. The number of aromatic nitrogens is 1. The first kappa shape index (κ1) is 11.9. The third-order valence-electron chi connectivity index (χ3n) is 4.90. The van der Waals surface area contributed by atoms with Crippen LogP contribution in [0.15, 0.2) is 53.5 Å². The molecule has 1 unspecified atom stereocenters. The van der Waals surface area contributed by atoms with Crippen molar-refractivity contribution in [2.24, 2.45) is 12.0 Å². The average Bonchev–Trinajstić information content (AvgIpc) is 3.05. The van der Waals surface area contributed by atoms with Gasteiger partial charge in [0.05, 0.1) is 22.7 Å². The molecule has 22 heavy (non-hydrogen) atoms. The smallest absolute Gasteiger partial charge is 0.166 e. The average molecular weight is 286 g/mol. The fourth-order valence-electron chi connectivity index (χ4n) is 3.93. The highest BCUT2D eigenvalue weighted by molar-refractivity contribution is 6.25. The summed E-state index contributed by atoms with van der Waals surface area (Å²) in [4.78, 5) is 17.6. The number of aryl methyl sites for hydroxylation is 1. The lowest BCUT2D eigenvalue weighted by molar-refractivity contribution is 0.0978. The highest BCUT2D eigenvalue weighted by atomic mass is 16.1. The van der Waals surface area contributed by atoms with Gasteiger partial charge in [0.1, 0.15) is 0 Å². The van der Waals surface area contributed by atoms with Crippen molar-refractivity contribution in [2.45, 2.75) is 12.3 Å². The summed E-state index contributed by atoms with van der Waals surface area (Å²) in [5, 5.41) is 1.04. The number of fused-ring (bicyclic) bond motifs is 7. The van der Waals surface area contributed by atoms with Gasteiger partial charge in [0.2, 0.25) is 0 Å². The molecular formula is C19H14N2O. The maximum atomic E-state index is 12.8. The number of rotatable bonds is 0. The van der Waals surface area contributed by atoms with E-state index in [-0.39, 0.29) is 11.7 Å². The van der Waals surface area contributed by atoms with Gasteiger partial charge in [-0.1, -0.05) is 36.4 Å². The topological polar surface area (TPSA) is 34.4 Å². The largest absolute Gasteiger partial charge is 0.342 e. The molecular weight excluding hydrogens is 272 g/mol. The second kappa shape index (κ2) is 3.95. The van der Waals surface area contributed by atoms with Crippen LogP contribution in [-0.2, 0) is 7.05 Å². The molecule has 2 aromatic carbocycles. The zero-order valence-electron chi connectivity index (χ0n) is 12.2. The molecule has 0 radical (unpaired) electrons. The van der Waals surface area contributed by atoms with E-state index >= 15 is 0 Å². The van der Waals surface area contributed by atoms with Gasteiger partial charge in [-0.3, -0.25) is 9.79 Å². The highest BCUT2D eigenvalue weighted by Crippen LogP contribution is 2.45. The Labute approximate surface area is 127 Å². The predicted molar refractivity (Wildman–Crippen MR) is 87.2 cm³/mol. The summed E-state index contributed by atoms with van der Waals surface area (Å²) in [7, 11) is 2.03. The summed E-state index contributed by atoms with van der Waals surface area (Å²) < 4.78 is 2.12. The van der Waals surface area contributed by atoms with Crippen molar-refractivity contribution in [2.75, 3.05) is 0 Å². The Kier molecular flexibility index (Phi) is 2.14. The Morgan fingerprint density at radius 1 is 1.09 bits per heavy atom. The van der Waals surface area contributed by atoms with Crippen molar-refractivity contribution in [3.63, 3.8) is 0 Å². The van der Waals surface area contributed by atoms with Crippen molar-refractivity contribution in [3.8, 4) is 0 Å². The van der Waals surface area contributed by atoms with E-state index in [9.17, 15) is 4.79 Å². The lowest BCUT2D eigenvalue weighted by Gasteiger charge is -2.21. The first-order valence-electron chi connectivity index (χ1n) is 7.54. The van der Waals surface area contributed by atoms with E-state index in [1.165, 1.54) is 5.56 Å². The number of Topliss-reactive ketones (excluding diaryl/α,β-unsaturated/α-hetero) is 1. The fraction of sp³-hybridized carbons (Fsp3) is 0.158. The van der Waals surface area contributed by atoms with Gasteiger partial charge in [-0.25, -0.2) is 0 Å². The van der Waals surface area contributed by atoms with Gasteiger partial charge in [0.15, 0.2) is 5.78 Å². The quantitative estimate of drug-likeness (QED) is 0.615. The Hall–Kier alpha value is -2.68. The summed E-state index contributed by atoms with van der Waals surface area (Å²) in [5.41, 5.74) is 6.18. The number of benzene rings is 2. The van der Waals surface area contributed by atoms with Crippen molar-refractivity contribution in [3.05, 3.63) is 65.4 Å². The standard InChI is InChI=1S/C19H14N2O/c1-21-15-9-5-3-7-12(15)17-16(22)10-13-11-6-2-4-8-14(11)20-18(13)19(17)21/h2-9,13H,10H2,1H3. The molecule has 0 fully saturated rings. The molecule has 0 bridgehead atoms. The van der Waals surface area contributed by atoms with Crippen LogP contribution in [0, 0.1) is 0 Å². The molecule has 1 atom stereocenters. The van der Waals surface area contributed by atoms with Crippen molar-refractivity contribution >= 4 is 28.1 Å². The zero-order valence-corrected chi connectivity index (χ0v) is 12.2. The monoisotopic (exact) mass is 286 g/mol. The lowest BCUT2D eigenvalue weighted by atomic mass is 9.81. The minimum atomic E-state index is 0.110. The SMILES string of the molecule is Cn1c2c(c3ccccc31)C(=O)CC1C2=Nc2ccccc21. The van der Waals surface area contributed by atoms with E-state index in [0.717, 1.165) is 33.6 Å². The van der Waals surface area contributed by atoms with E-state index in [4.69, 9.17) is 4.99 Å². The summed E-state index contributed by atoms with van der Waals surface area (Å²) in [5.74, 6) is 0.340. The van der Waals surface area contributed by atoms with Gasteiger partial charge < -0.3 is 4.57 Å². The summed E-state index contributed by atoms with van der Waals surface area (Å²) in [6, 6.07) is 16.3. The van der Waals surface area contributed by atoms with Gasteiger partial charge in [-0.2, -0.15) is 0 Å². The first-order chi connectivity index (χ1) is 10.8. The van der Waals surface area contributed by atoms with Gasteiger partial charge in [0.25, 0.3) is 0 Å². The van der Waals surface area contributed by atoms with Crippen LogP contribution in [0.25, 0.3) is 10.9 Å². The third-order valence-corrected chi connectivity index (χ3v) is 4.90. The second-order valence-corrected chi connectivity index (χ2v) is 6.04. The second-order valence-electron chi connectivity index (χ2n) is 6.04. The molecule has 3 aromatic rings. The molecule has 0 spiro atoms. The number of carbonyl (C=O) groups is 1. The van der Waals surface area contributed by atoms with Crippen LogP contribution in [0.3, 0.4) is 0 Å². The molecule has 3 heteroatoms. The number of ketones is 1. The van der Waals surface area contributed by atoms with Crippen molar-refractivity contribution < 1.29 is 4.79 Å². The Bertz CT molecular complexity index is 994. The molecule has 1 aromatic heterocycles. The van der Waals surface area contributed by atoms with Crippen LogP contribution in [-0.4, -0.2) is 16.1 Å². The summed E-state index contributed by atoms with van der Waals surface area (Å²) in [6.45, 7) is 0. The molecule has 2 heterocycles. The van der Waals surface area contributed by atoms with E-state index in [1.54, 1.807) is 0 Å². The predicted octanol–water partition coefficient (Wildman–Crippen LogP) is 3.98. The molecule has 5 rings (SSSR count). The molecule has 1 aliphatic heterocycles. The van der Waals surface area contributed by atoms with Crippen LogP contribution in [0.1, 0.15) is 34.0 Å². The van der Waals surface area contributed by atoms with E-state index in [1.807, 2.05) is 43.4 Å². The molecule has 0 N–H and O–H groups in total. The Balaban J connectivity index is 1.88. The normalized spacial score (nSPS) is 18.9. The molecule has 106 valence electrons. The van der Waals surface area contributed by atoms with Crippen LogP contribution in [0.2, 0.25) is 0 Å². The zero-order chi connectivity index (χ0) is 14.8. The number of aliphatic imine (C=N–C) groups is 1. The molecule has 1 aliphatic carbocycles. The number of para-hydroxylation sites is 2. The van der Waals surface area contributed by atoms with E-state index in [2.05, 4.69) is 16.7 Å². The molecule has 0 saturated heterocycles. The minimum Gasteiger partial charge on any atom is -0.342 e. The lowest BCUT2D eigenvalue weighted by Crippen LogP contribution is -2.25. The summed E-state index contributed by atoms with van der Waals surface area (Å²) in [6.07, 6.45) is 0.525. The number of nitrogens with zero attached hydrogens (tertiary/aromatic N) is 2. The minimum absolute atomic E-state index is 0.110. The third kappa shape index (κ3) is 1.31. The maximum Gasteiger partial charge on any atom is 0.166 e. The Morgan fingerprint density at radius 2 is 1.86 bits per heavy atom. The van der Waals surface area contributed by atoms with E-state index < -0.39 is 0 Å². The first-order valence-corrected chi connectivity index (χ1v) is 7.54. The maximum absolute atomic E-state index is 12.8. The van der Waals surface area contributed by atoms with Crippen LogP contribution < -0.4 is 0 Å². The number of hydrogen-bond donors (Lipinski definition) is 0. The van der Waals surface area contributed by atoms with Crippen molar-refractivity contribution in [1.29, 1.82) is 0 Å². The Morgan fingerprint density at radius 3 is 2.77 bits per heavy atom. The van der Waals surface area contributed by atoms with Gasteiger partial charge in [0, 0.05) is 30.3 Å². The number of carbonyl (C=O) groups excluding carboxylic acids is 1. The van der Waals surface area contributed by atoms with Crippen LogP contribution >= 0.6 is 0 Å². The molecule has 2 aliphatic rings. The van der Waals surface area contributed by atoms with Gasteiger partial charge in [-0.05, 0) is 17.7 Å². The number of hydrogen-bond acceptors (Lipinski definition) is 2. The van der Waals surface area contributed by atoms with Gasteiger partial charge >= 0.3 is 0 Å². The molecule has 3 nitrogen and oxygen atoms in total. The van der Waals surface area contributed by atoms with Gasteiger partial charge in [-0.15, -0.1) is 0 Å². The van der Waals surface area contributed by atoms with Crippen molar-refractivity contribution in [1.82, 2.24) is 4.57 Å². The van der Waals surface area contributed by atoms with E-state index in [0.29, 0.717) is 6.42 Å². The fourth-order valence-corrected chi connectivity index (χ4v) is 3.93. The molecule has 0 amide bonds.